The van der Waals surface area contributed by atoms with Gasteiger partial charge in [0, 0.05) is 12.0 Å². The monoisotopic (exact) mass is 308 g/mol. The molecule has 6 heteroatoms. The van der Waals surface area contributed by atoms with E-state index >= 15 is 0 Å². The highest BCUT2D eigenvalue weighted by Crippen LogP contribution is 2.28. The van der Waals surface area contributed by atoms with Crippen LogP contribution in [-0.2, 0) is 4.79 Å². The number of methoxy groups -OCH3 is 1. The highest BCUT2D eigenvalue weighted by Gasteiger charge is 2.13. The van der Waals surface area contributed by atoms with Crippen LogP contribution in [0.5, 0.6) is 11.5 Å². The third-order valence-corrected chi connectivity index (χ3v) is 2.70. The quantitative estimate of drug-likeness (QED) is 0.791. The van der Waals surface area contributed by atoms with Gasteiger partial charge in [0.2, 0.25) is 5.91 Å². The second-order valence-electron chi connectivity index (χ2n) is 5.63. The van der Waals surface area contributed by atoms with Crippen LogP contribution in [0.4, 0.5) is 0 Å². The van der Waals surface area contributed by atoms with Crippen LogP contribution in [-0.4, -0.2) is 25.0 Å². The van der Waals surface area contributed by atoms with Gasteiger partial charge in [-0.1, -0.05) is 13.8 Å². The van der Waals surface area contributed by atoms with Crippen LogP contribution in [0.2, 0.25) is 0 Å². The SMILES string of the molecule is COc1cc(C(=O)NNC(=O)CC(C)C)ccc1OC(C)C. The van der Waals surface area contributed by atoms with Crippen LogP contribution in [0.25, 0.3) is 0 Å². The van der Waals surface area contributed by atoms with Crippen LogP contribution < -0.4 is 20.3 Å². The molecule has 0 atom stereocenters. The summed E-state index contributed by atoms with van der Waals surface area (Å²) in [5, 5.41) is 0. The molecule has 2 amide bonds. The number of carbonyl (C=O) groups is 2. The molecule has 0 aliphatic rings. The number of rotatable bonds is 6. The fourth-order valence-corrected chi connectivity index (χ4v) is 1.78. The first-order valence-corrected chi connectivity index (χ1v) is 7.27. The van der Waals surface area contributed by atoms with Gasteiger partial charge in [0.1, 0.15) is 0 Å². The standard InChI is InChI=1S/C16H24N2O4/c1-10(2)8-15(19)17-18-16(20)12-6-7-13(22-11(3)4)14(9-12)21-5/h6-7,9-11H,8H2,1-5H3,(H,17,19)(H,18,20). The molecule has 2 N–H and O–H groups in total. The molecule has 122 valence electrons. The Morgan fingerprint density at radius 1 is 1.09 bits per heavy atom. The van der Waals surface area contributed by atoms with Crippen LogP contribution in [0, 0.1) is 5.92 Å². The number of hydrazine groups is 1. The predicted molar refractivity (Wildman–Crippen MR) is 83.8 cm³/mol. The molecule has 1 aromatic carbocycles. The van der Waals surface area contributed by atoms with Crippen molar-refractivity contribution >= 4 is 11.8 Å². The van der Waals surface area contributed by atoms with Gasteiger partial charge in [-0.15, -0.1) is 0 Å². The predicted octanol–water partition coefficient (Wildman–Crippen LogP) is 2.29. The maximum absolute atomic E-state index is 12.0. The lowest BCUT2D eigenvalue weighted by molar-refractivity contribution is -0.122. The fourth-order valence-electron chi connectivity index (χ4n) is 1.78. The minimum absolute atomic E-state index is 0.00361. The normalized spacial score (nSPS) is 10.5. The van der Waals surface area contributed by atoms with Gasteiger partial charge in [-0.05, 0) is 38.0 Å². The molecule has 6 nitrogen and oxygen atoms in total. The second-order valence-corrected chi connectivity index (χ2v) is 5.63. The smallest absolute Gasteiger partial charge is 0.269 e. The average molecular weight is 308 g/mol. The van der Waals surface area contributed by atoms with Gasteiger partial charge in [-0.3, -0.25) is 20.4 Å². The van der Waals surface area contributed by atoms with Gasteiger partial charge in [0.25, 0.3) is 5.91 Å². The van der Waals surface area contributed by atoms with Gasteiger partial charge in [0.05, 0.1) is 13.2 Å². The zero-order chi connectivity index (χ0) is 16.7. The number of hydrogen-bond donors (Lipinski definition) is 2. The number of ether oxygens (including phenoxy) is 2. The van der Waals surface area contributed by atoms with Crippen molar-refractivity contribution in [3.63, 3.8) is 0 Å². The zero-order valence-corrected chi connectivity index (χ0v) is 13.7. The van der Waals surface area contributed by atoms with Crippen molar-refractivity contribution < 1.29 is 19.1 Å². The molecule has 0 aliphatic heterocycles. The first kappa shape index (κ1) is 17.8. The molecule has 0 unspecified atom stereocenters. The van der Waals surface area contributed by atoms with Gasteiger partial charge in [0.15, 0.2) is 11.5 Å². The van der Waals surface area contributed by atoms with E-state index in [9.17, 15) is 9.59 Å². The first-order valence-electron chi connectivity index (χ1n) is 7.27. The fraction of sp³-hybridized carbons (Fsp3) is 0.500. The molecule has 1 rings (SSSR count). The maximum atomic E-state index is 12.0. The number of hydrogen-bond acceptors (Lipinski definition) is 4. The lowest BCUT2D eigenvalue weighted by Crippen LogP contribution is -2.42. The Labute approximate surface area is 131 Å². The molecule has 0 spiro atoms. The number of carbonyl (C=O) groups excluding carboxylic acids is 2. The van der Waals surface area contributed by atoms with E-state index < -0.39 is 5.91 Å². The van der Waals surface area contributed by atoms with Crippen molar-refractivity contribution in [3.8, 4) is 11.5 Å². The molecule has 1 aromatic rings. The van der Waals surface area contributed by atoms with Gasteiger partial charge in [-0.2, -0.15) is 0 Å². The summed E-state index contributed by atoms with van der Waals surface area (Å²) in [6, 6.07) is 4.86. The van der Waals surface area contributed by atoms with Crippen molar-refractivity contribution in [2.45, 2.75) is 40.2 Å². The third-order valence-electron chi connectivity index (χ3n) is 2.70. The Balaban J connectivity index is 2.71. The van der Waals surface area contributed by atoms with E-state index in [1.165, 1.54) is 7.11 Å². The van der Waals surface area contributed by atoms with Gasteiger partial charge < -0.3 is 9.47 Å². The highest BCUT2D eigenvalue weighted by atomic mass is 16.5. The molecule has 0 saturated carbocycles. The summed E-state index contributed by atoms with van der Waals surface area (Å²) in [4.78, 5) is 23.5. The third kappa shape index (κ3) is 5.63. The topological polar surface area (TPSA) is 76.7 Å². The first-order chi connectivity index (χ1) is 10.3. The summed E-state index contributed by atoms with van der Waals surface area (Å²) in [7, 11) is 1.51. The highest BCUT2D eigenvalue weighted by molar-refractivity contribution is 5.96. The molecule has 0 fully saturated rings. The van der Waals surface area contributed by atoms with E-state index in [-0.39, 0.29) is 17.9 Å². The van der Waals surface area contributed by atoms with Crippen molar-refractivity contribution in [3.05, 3.63) is 23.8 Å². The number of benzene rings is 1. The second kappa shape index (κ2) is 8.26. The molecule has 0 saturated heterocycles. The summed E-state index contributed by atoms with van der Waals surface area (Å²) in [6.45, 7) is 7.67. The van der Waals surface area contributed by atoms with Crippen molar-refractivity contribution in [2.75, 3.05) is 7.11 Å². The molecule has 0 heterocycles. The largest absolute Gasteiger partial charge is 0.493 e. The minimum Gasteiger partial charge on any atom is -0.493 e. The van der Waals surface area contributed by atoms with E-state index in [0.29, 0.717) is 23.5 Å². The van der Waals surface area contributed by atoms with Crippen LogP contribution >= 0.6 is 0 Å². The van der Waals surface area contributed by atoms with E-state index in [0.717, 1.165) is 0 Å². The lowest BCUT2D eigenvalue weighted by atomic mass is 10.1. The maximum Gasteiger partial charge on any atom is 0.269 e. The van der Waals surface area contributed by atoms with Gasteiger partial charge >= 0.3 is 0 Å². The minimum atomic E-state index is -0.411. The number of nitrogens with one attached hydrogen (secondary N) is 2. The molecular formula is C16H24N2O4. The summed E-state index contributed by atoms with van der Waals surface area (Å²) in [5.41, 5.74) is 5.14. The Bertz CT molecular complexity index is 527. The summed E-state index contributed by atoms with van der Waals surface area (Å²) in [6.07, 6.45) is 0.356. The molecule has 0 radical (unpaired) electrons. The van der Waals surface area contributed by atoms with Crippen molar-refractivity contribution in [2.24, 2.45) is 5.92 Å². The van der Waals surface area contributed by atoms with E-state index in [1.54, 1.807) is 18.2 Å². The molecule has 0 bridgehead atoms. The summed E-state index contributed by atoms with van der Waals surface area (Å²) in [5.74, 6) is 0.624. The Morgan fingerprint density at radius 3 is 2.32 bits per heavy atom. The van der Waals surface area contributed by atoms with E-state index in [2.05, 4.69) is 10.9 Å². The Morgan fingerprint density at radius 2 is 1.77 bits per heavy atom. The van der Waals surface area contributed by atoms with Crippen molar-refractivity contribution in [1.29, 1.82) is 0 Å². The Kier molecular flexibility index (Phi) is 6.69. The van der Waals surface area contributed by atoms with E-state index in [4.69, 9.17) is 9.47 Å². The number of amides is 2. The van der Waals surface area contributed by atoms with Crippen LogP contribution in [0.3, 0.4) is 0 Å². The van der Waals surface area contributed by atoms with Crippen LogP contribution in [0.1, 0.15) is 44.5 Å². The molecule has 0 aromatic heterocycles. The average Bonchev–Trinajstić information content (AvgIpc) is 2.43. The summed E-state index contributed by atoms with van der Waals surface area (Å²) >= 11 is 0. The molecular weight excluding hydrogens is 284 g/mol. The Hall–Kier alpha value is -2.24. The van der Waals surface area contributed by atoms with E-state index in [1.807, 2.05) is 27.7 Å². The lowest BCUT2D eigenvalue weighted by Gasteiger charge is -2.14. The zero-order valence-electron chi connectivity index (χ0n) is 13.7. The van der Waals surface area contributed by atoms with Crippen molar-refractivity contribution in [1.82, 2.24) is 10.9 Å². The summed E-state index contributed by atoms with van der Waals surface area (Å²) < 4.78 is 10.8. The molecule has 0 aliphatic carbocycles. The van der Waals surface area contributed by atoms with Crippen LogP contribution in [0.15, 0.2) is 18.2 Å². The van der Waals surface area contributed by atoms with Gasteiger partial charge in [-0.25, -0.2) is 0 Å². The molecule has 22 heavy (non-hydrogen) atoms.